The number of nitrogens with two attached hydrogens (primary N) is 1. The van der Waals surface area contributed by atoms with E-state index in [2.05, 4.69) is 4.99 Å². The zero-order valence-corrected chi connectivity index (χ0v) is 8.46. The van der Waals surface area contributed by atoms with E-state index >= 15 is 0 Å². The summed E-state index contributed by atoms with van der Waals surface area (Å²) < 4.78 is 55.8. The van der Waals surface area contributed by atoms with Gasteiger partial charge in [-0.2, -0.15) is 13.2 Å². The zero-order valence-electron chi connectivity index (χ0n) is 8.46. The number of nitrogens with zero attached hydrogens (tertiary/aromatic N) is 1. The minimum Gasteiger partial charge on any atom is -0.455 e. The third-order valence-corrected chi connectivity index (χ3v) is 2.34. The van der Waals surface area contributed by atoms with Crippen molar-refractivity contribution >= 4 is 6.02 Å². The van der Waals surface area contributed by atoms with E-state index < -0.39 is 23.7 Å². The van der Waals surface area contributed by atoms with Crippen LogP contribution in [0, 0.1) is 5.82 Å². The van der Waals surface area contributed by atoms with Gasteiger partial charge in [0, 0.05) is 5.56 Å². The highest BCUT2D eigenvalue weighted by molar-refractivity contribution is 5.73. The fourth-order valence-corrected chi connectivity index (χ4v) is 1.61. The summed E-state index contributed by atoms with van der Waals surface area (Å²) in [5.74, 6) is -0.951. The molecule has 92 valence electrons. The first-order valence-electron chi connectivity index (χ1n) is 4.71. The Balaban J connectivity index is 2.40. The lowest BCUT2D eigenvalue weighted by Gasteiger charge is -2.17. The first kappa shape index (κ1) is 11.7. The Morgan fingerprint density at radius 3 is 2.59 bits per heavy atom. The van der Waals surface area contributed by atoms with Crippen molar-refractivity contribution in [3.8, 4) is 0 Å². The Kier molecular flexibility index (Phi) is 2.68. The van der Waals surface area contributed by atoms with Crippen LogP contribution in [0.5, 0.6) is 0 Å². The van der Waals surface area contributed by atoms with E-state index in [1.54, 1.807) is 0 Å². The van der Waals surface area contributed by atoms with E-state index in [1.807, 2.05) is 0 Å². The molecule has 3 nitrogen and oxygen atoms in total. The van der Waals surface area contributed by atoms with Crippen LogP contribution in [0.4, 0.5) is 17.6 Å². The number of halogens is 4. The number of alkyl halides is 3. The fraction of sp³-hybridized carbons (Fsp3) is 0.300. The number of aliphatic imine (C=N–C) groups is 1. The second kappa shape index (κ2) is 3.90. The molecule has 0 saturated carbocycles. The van der Waals surface area contributed by atoms with Crippen LogP contribution in [0.1, 0.15) is 17.2 Å². The van der Waals surface area contributed by atoms with Crippen molar-refractivity contribution in [2.75, 3.05) is 6.54 Å². The van der Waals surface area contributed by atoms with Crippen molar-refractivity contribution in [3.05, 3.63) is 35.1 Å². The predicted octanol–water partition coefficient (Wildman–Crippen LogP) is 2.23. The second-order valence-electron chi connectivity index (χ2n) is 3.51. The molecule has 17 heavy (non-hydrogen) atoms. The second-order valence-corrected chi connectivity index (χ2v) is 3.51. The molecule has 1 heterocycles. The summed E-state index contributed by atoms with van der Waals surface area (Å²) in [4.78, 5) is 3.65. The van der Waals surface area contributed by atoms with Gasteiger partial charge in [-0.3, -0.25) is 0 Å². The van der Waals surface area contributed by atoms with Crippen molar-refractivity contribution in [2.24, 2.45) is 10.7 Å². The smallest absolute Gasteiger partial charge is 0.416 e. The van der Waals surface area contributed by atoms with Crippen LogP contribution in [-0.2, 0) is 10.9 Å². The molecule has 0 spiro atoms. The summed E-state index contributed by atoms with van der Waals surface area (Å²) in [7, 11) is 0. The van der Waals surface area contributed by atoms with Crippen LogP contribution < -0.4 is 5.73 Å². The minimum absolute atomic E-state index is 0.000541. The molecule has 0 aromatic heterocycles. The maximum atomic E-state index is 12.8. The Morgan fingerprint density at radius 1 is 1.35 bits per heavy atom. The SMILES string of the molecule is NC1=NCC(c2ccc(F)cc2C(F)(F)F)O1. The van der Waals surface area contributed by atoms with Crippen LogP contribution >= 0.6 is 0 Å². The summed E-state index contributed by atoms with van der Waals surface area (Å²) in [6, 6.07) is 2.26. The first-order valence-corrected chi connectivity index (χ1v) is 4.71. The summed E-state index contributed by atoms with van der Waals surface area (Å²) in [5, 5.41) is 0. The van der Waals surface area contributed by atoms with Gasteiger partial charge in [0.25, 0.3) is 6.02 Å². The first-order chi connectivity index (χ1) is 7.88. The number of hydrogen-bond donors (Lipinski definition) is 1. The molecule has 0 fully saturated rings. The van der Waals surface area contributed by atoms with Crippen molar-refractivity contribution < 1.29 is 22.3 Å². The average Bonchev–Trinajstić information content (AvgIpc) is 2.63. The fourth-order valence-electron chi connectivity index (χ4n) is 1.61. The largest absolute Gasteiger partial charge is 0.455 e. The van der Waals surface area contributed by atoms with E-state index in [0.717, 1.165) is 12.1 Å². The molecule has 0 radical (unpaired) electrons. The molecular weight excluding hydrogens is 240 g/mol. The monoisotopic (exact) mass is 248 g/mol. The van der Waals surface area contributed by atoms with Gasteiger partial charge in [0.05, 0.1) is 12.1 Å². The number of ether oxygens (including phenoxy) is 1. The van der Waals surface area contributed by atoms with Crippen molar-refractivity contribution in [2.45, 2.75) is 12.3 Å². The number of benzene rings is 1. The summed E-state index contributed by atoms with van der Waals surface area (Å²) >= 11 is 0. The van der Waals surface area contributed by atoms with E-state index in [-0.39, 0.29) is 18.1 Å². The van der Waals surface area contributed by atoms with Gasteiger partial charge in [-0.25, -0.2) is 9.38 Å². The van der Waals surface area contributed by atoms with Gasteiger partial charge < -0.3 is 10.5 Å². The number of amidine groups is 1. The van der Waals surface area contributed by atoms with Gasteiger partial charge in [0.1, 0.15) is 11.9 Å². The van der Waals surface area contributed by atoms with Gasteiger partial charge in [-0.15, -0.1) is 0 Å². The van der Waals surface area contributed by atoms with Crippen molar-refractivity contribution in [1.29, 1.82) is 0 Å². The molecule has 1 atom stereocenters. The lowest BCUT2D eigenvalue weighted by atomic mass is 10.0. The van der Waals surface area contributed by atoms with Gasteiger partial charge in [-0.05, 0) is 12.1 Å². The summed E-state index contributed by atoms with van der Waals surface area (Å²) in [6.45, 7) is 0.000541. The highest BCUT2D eigenvalue weighted by atomic mass is 19.4. The molecule has 2 N–H and O–H groups in total. The lowest BCUT2D eigenvalue weighted by molar-refractivity contribution is -0.139. The van der Waals surface area contributed by atoms with Crippen LogP contribution in [0.15, 0.2) is 23.2 Å². The van der Waals surface area contributed by atoms with Crippen LogP contribution in [0.25, 0.3) is 0 Å². The molecule has 1 aliphatic rings. The topological polar surface area (TPSA) is 47.6 Å². The highest BCUT2D eigenvalue weighted by Crippen LogP contribution is 2.37. The molecule has 0 aliphatic carbocycles. The normalized spacial score (nSPS) is 20.0. The zero-order chi connectivity index (χ0) is 12.6. The number of rotatable bonds is 1. The number of hydrogen-bond acceptors (Lipinski definition) is 3. The van der Waals surface area contributed by atoms with Crippen molar-refractivity contribution in [3.63, 3.8) is 0 Å². The molecule has 0 saturated heterocycles. The van der Waals surface area contributed by atoms with E-state index in [4.69, 9.17) is 10.5 Å². The molecule has 1 aromatic rings. The predicted molar refractivity (Wildman–Crippen MR) is 51.7 cm³/mol. The average molecular weight is 248 g/mol. The summed E-state index contributed by atoms with van der Waals surface area (Å²) in [5.41, 5.74) is 4.00. The molecule has 0 amide bonds. The molecule has 7 heteroatoms. The minimum atomic E-state index is -4.64. The Hall–Kier alpha value is -1.79. The van der Waals surface area contributed by atoms with Crippen LogP contribution in [-0.4, -0.2) is 12.6 Å². The molecule has 1 unspecified atom stereocenters. The highest BCUT2D eigenvalue weighted by Gasteiger charge is 2.37. The van der Waals surface area contributed by atoms with Gasteiger partial charge >= 0.3 is 6.18 Å². The Morgan fingerprint density at radius 2 is 2.06 bits per heavy atom. The van der Waals surface area contributed by atoms with Crippen molar-refractivity contribution in [1.82, 2.24) is 0 Å². The van der Waals surface area contributed by atoms with Crippen LogP contribution in [0.2, 0.25) is 0 Å². The Labute approximate surface area is 93.9 Å². The van der Waals surface area contributed by atoms with Gasteiger partial charge in [0.15, 0.2) is 0 Å². The molecular formula is C10H8F4N2O. The molecule has 1 aliphatic heterocycles. The molecule has 2 rings (SSSR count). The van der Waals surface area contributed by atoms with E-state index in [1.165, 1.54) is 0 Å². The Bertz CT molecular complexity index is 470. The quantitative estimate of drug-likeness (QED) is 0.775. The van der Waals surface area contributed by atoms with Crippen LogP contribution in [0.3, 0.4) is 0 Å². The third kappa shape index (κ3) is 2.32. The lowest BCUT2D eigenvalue weighted by Crippen LogP contribution is -2.17. The van der Waals surface area contributed by atoms with E-state index in [0.29, 0.717) is 6.07 Å². The maximum Gasteiger partial charge on any atom is 0.416 e. The van der Waals surface area contributed by atoms with Gasteiger partial charge in [0.2, 0.25) is 0 Å². The van der Waals surface area contributed by atoms with E-state index in [9.17, 15) is 17.6 Å². The standard InChI is InChI=1S/C10H8F4N2O/c11-5-1-2-6(7(3-5)10(12,13)14)8-4-16-9(15)17-8/h1-3,8H,4H2,(H2,15,16). The molecule has 0 bridgehead atoms. The summed E-state index contributed by atoms with van der Waals surface area (Å²) in [6.07, 6.45) is -5.55. The maximum absolute atomic E-state index is 12.8. The third-order valence-electron chi connectivity index (χ3n) is 2.34. The van der Waals surface area contributed by atoms with Gasteiger partial charge in [-0.1, -0.05) is 6.07 Å². The molecule has 1 aromatic carbocycles.